The van der Waals surface area contributed by atoms with Crippen LogP contribution < -0.4 is 4.74 Å². The number of hydrogen-bond acceptors (Lipinski definition) is 5. The summed E-state index contributed by atoms with van der Waals surface area (Å²) in [6, 6.07) is 1.32. The van der Waals surface area contributed by atoms with Gasteiger partial charge in [-0.15, -0.1) is 0 Å². The smallest absolute Gasteiger partial charge is 0.339 e. The molecule has 1 aromatic rings. The van der Waals surface area contributed by atoms with E-state index in [4.69, 9.17) is 9.84 Å². The molecule has 0 saturated carbocycles. The monoisotopic (exact) mass is 264 g/mol. The van der Waals surface area contributed by atoms with Crippen molar-refractivity contribution in [2.75, 3.05) is 13.2 Å². The van der Waals surface area contributed by atoms with Crippen molar-refractivity contribution < 1.29 is 24.2 Å². The number of ether oxygens (including phenoxy) is 1. The fourth-order valence-electron chi connectivity index (χ4n) is 1.79. The average Bonchev–Trinajstić information content (AvgIpc) is 2.70. The van der Waals surface area contributed by atoms with Gasteiger partial charge in [-0.05, 0) is 6.07 Å². The minimum atomic E-state index is -1.12. The summed E-state index contributed by atoms with van der Waals surface area (Å²) in [5, 5.41) is 8.93. The van der Waals surface area contributed by atoms with Crippen LogP contribution in [-0.2, 0) is 9.59 Å². The lowest BCUT2D eigenvalue weighted by Crippen LogP contribution is -2.33. The van der Waals surface area contributed by atoms with E-state index in [0.29, 0.717) is 0 Å². The number of carboxylic acids is 1. The largest absolute Gasteiger partial charge is 0.489 e. The number of rotatable bonds is 5. The summed E-state index contributed by atoms with van der Waals surface area (Å²) in [4.78, 5) is 38.5. The van der Waals surface area contributed by atoms with E-state index in [2.05, 4.69) is 4.98 Å². The van der Waals surface area contributed by atoms with Gasteiger partial charge in [0.2, 0.25) is 11.8 Å². The molecule has 2 heterocycles. The van der Waals surface area contributed by atoms with E-state index >= 15 is 0 Å². The summed E-state index contributed by atoms with van der Waals surface area (Å²) in [5.41, 5.74) is -0.00549. The molecule has 0 spiro atoms. The van der Waals surface area contributed by atoms with Gasteiger partial charge in [0.25, 0.3) is 0 Å². The molecule has 1 aliphatic rings. The third-order valence-electron chi connectivity index (χ3n) is 2.74. The quantitative estimate of drug-likeness (QED) is 0.768. The Bertz CT molecular complexity index is 513. The summed E-state index contributed by atoms with van der Waals surface area (Å²) in [5.74, 6) is -1.45. The van der Waals surface area contributed by atoms with Crippen molar-refractivity contribution in [3.8, 4) is 5.75 Å². The molecule has 1 aliphatic heterocycles. The molecule has 1 saturated heterocycles. The maximum absolute atomic E-state index is 11.3. The molecule has 7 nitrogen and oxygen atoms in total. The van der Waals surface area contributed by atoms with Gasteiger partial charge in [0.05, 0.1) is 12.7 Å². The minimum Gasteiger partial charge on any atom is -0.489 e. The molecule has 1 aromatic heterocycles. The Morgan fingerprint density at radius 1 is 1.37 bits per heavy atom. The van der Waals surface area contributed by atoms with Crippen molar-refractivity contribution in [3.63, 3.8) is 0 Å². The van der Waals surface area contributed by atoms with Crippen LogP contribution >= 0.6 is 0 Å². The van der Waals surface area contributed by atoms with E-state index in [0.717, 1.165) is 4.90 Å². The molecule has 0 unspecified atom stereocenters. The number of carboxylic acid groups (broad SMARTS) is 1. The van der Waals surface area contributed by atoms with Crippen LogP contribution in [0.5, 0.6) is 5.75 Å². The molecule has 0 atom stereocenters. The van der Waals surface area contributed by atoms with Crippen molar-refractivity contribution in [3.05, 3.63) is 24.0 Å². The van der Waals surface area contributed by atoms with E-state index in [-0.39, 0.29) is 49.1 Å². The Hall–Kier alpha value is -2.44. The van der Waals surface area contributed by atoms with E-state index in [1.807, 2.05) is 0 Å². The standard InChI is InChI=1S/C12H12N2O5/c15-10-1-2-11(16)14(10)5-6-19-9-7-13-4-3-8(9)12(17)18/h3-4,7H,1-2,5-6H2,(H,17,18). The fourth-order valence-corrected chi connectivity index (χ4v) is 1.79. The Morgan fingerprint density at radius 3 is 2.68 bits per heavy atom. The third kappa shape index (κ3) is 2.87. The van der Waals surface area contributed by atoms with Crippen LogP contribution in [0.25, 0.3) is 0 Å². The van der Waals surface area contributed by atoms with Crippen molar-refractivity contribution in [2.24, 2.45) is 0 Å². The van der Waals surface area contributed by atoms with Gasteiger partial charge in [-0.2, -0.15) is 0 Å². The second-order valence-corrected chi connectivity index (χ2v) is 3.96. The van der Waals surface area contributed by atoms with Gasteiger partial charge in [-0.1, -0.05) is 0 Å². The van der Waals surface area contributed by atoms with Gasteiger partial charge in [0.15, 0.2) is 5.75 Å². The first kappa shape index (κ1) is 13.0. The van der Waals surface area contributed by atoms with Crippen LogP contribution in [0, 0.1) is 0 Å². The molecule has 2 rings (SSSR count). The van der Waals surface area contributed by atoms with E-state index in [1.54, 1.807) is 0 Å². The Kier molecular flexibility index (Phi) is 3.74. The summed E-state index contributed by atoms with van der Waals surface area (Å²) in [6.07, 6.45) is 3.10. The second-order valence-electron chi connectivity index (χ2n) is 3.96. The predicted molar refractivity (Wildman–Crippen MR) is 62.6 cm³/mol. The lowest BCUT2D eigenvalue weighted by Gasteiger charge is -2.14. The molecule has 0 aromatic carbocycles. The normalized spacial score (nSPS) is 14.8. The number of aromatic nitrogens is 1. The van der Waals surface area contributed by atoms with Crippen molar-refractivity contribution >= 4 is 17.8 Å². The molecule has 0 aliphatic carbocycles. The van der Waals surface area contributed by atoms with Gasteiger partial charge in [-0.25, -0.2) is 4.79 Å². The third-order valence-corrected chi connectivity index (χ3v) is 2.74. The zero-order chi connectivity index (χ0) is 13.8. The van der Waals surface area contributed by atoms with Crippen molar-refractivity contribution in [1.29, 1.82) is 0 Å². The van der Waals surface area contributed by atoms with Gasteiger partial charge in [0, 0.05) is 19.0 Å². The SMILES string of the molecule is O=C(O)c1ccncc1OCCN1C(=O)CCC1=O. The minimum absolute atomic E-state index is 0.00549. The molecule has 1 N–H and O–H groups in total. The summed E-state index contributed by atoms with van der Waals surface area (Å²) in [7, 11) is 0. The number of hydrogen-bond donors (Lipinski definition) is 1. The molecule has 0 bridgehead atoms. The number of pyridine rings is 1. The highest BCUT2D eigenvalue weighted by atomic mass is 16.5. The van der Waals surface area contributed by atoms with Crippen LogP contribution in [0.1, 0.15) is 23.2 Å². The molecular formula is C12H12N2O5. The first-order valence-electron chi connectivity index (χ1n) is 5.73. The van der Waals surface area contributed by atoms with Crippen LogP contribution in [0.2, 0.25) is 0 Å². The molecule has 100 valence electrons. The van der Waals surface area contributed by atoms with Crippen LogP contribution in [0.15, 0.2) is 18.5 Å². The van der Waals surface area contributed by atoms with Crippen LogP contribution in [-0.4, -0.2) is 45.9 Å². The maximum Gasteiger partial charge on any atom is 0.339 e. The zero-order valence-corrected chi connectivity index (χ0v) is 10.0. The molecule has 1 fully saturated rings. The number of likely N-dealkylation sites (tertiary alicyclic amines) is 1. The van der Waals surface area contributed by atoms with Crippen molar-refractivity contribution in [2.45, 2.75) is 12.8 Å². The van der Waals surface area contributed by atoms with Crippen molar-refractivity contribution in [1.82, 2.24) is 9.88 Å². The molecule has 19 heavy (non-hydrogen) atoms. The number of nitrogens with zero attached hydrogens (tertiary/aromatic N) is 2. The molecule has 7 heteroatoms. The Morgan fingerprint density at radius 2 is 2.05 bits per heavy atom. The summed E-state index contributed by atoms with van der Waals surface area (Å²) < 4.78 is 5.27. The first-order valence-corrected chi connectivity index (χ1v) is 5.73. The highest BCUT2D eigenvalue weighted by Crippen LogP contribution is 2.17. The summed E-state index contributed by atoms with van der Waals surface area (Å²) in [6.45, 7) is 0.162. The van der Waals surface area contributed by atoms with E-state index in [1.165, 1.54) is 18.5 Å². The first-order chi connectivity index (χ1) is 9.09. The Balaban J connectivity index is 1.94. The number of carbonyl (C=O) groups is 3. The highest BCUT2D eigenvalue weighted by Gasteiger charge is 2.28. The number of imide groups is 1. The average molecular weight is 264 g/mol. The van der Waals surface area contributed by atoms with Gasteiger partial charge >= 0.3 is 5.97 Å². The van der Waals surface area contributed by atoms with E-state index in [9.17, 15) is 14.4 Å². The predicted octanol–water partition coefficient (Wildman–Crippen LogP) is 0.308. The van der Waals surface area contributed by atoms with Crippen LogP contribution in [0.3, 0.4) is 0 Å². The van der Waals surface area contributed by atoms with Gasteiger partial charge < -0.3 is 9.84 Å². The number of carbonyl (C=O) groups excluding carboxylic acids is 2. The number of aromatic carboxylic acids is 1. The fraction of sp³-hybridized carbons (Fsp3) is 0.333. The highest BCUT2D eigenvalue weighted by molar-refractivity contribution is 6.01. The molecule has 2 amide bonds. The van der Waals surface area contributed by atoms with Gasteiger partial charge in [-0.3, -0.25) is 19.5 Å². The number of amides is 2. The topological polar surface area (TPSA) is 96.8 Å². The molecular weight excluding hydrogens is 252 g/mol. The lowest BCUT2D eigenvalue weighted by atomic mass is 10.2. The second kappa shape index (κ2) is 5.47. The zero-order valence-electron chi connectivity index (χ0n) is 10.0. The van der Waals surface area contributed by atoms with Crippen LogP contribution in [0.4, 0.5) is 0 Å². The lowest BCUT2D eigenvalue weighted by molar-refractivity contribution is -0.138. The Labute approximate surface area is 108 Å². The van der Waals surface area contributed by atoms with E-state index < -0.39 is 5.97 Å². The summed E-state index contributed by atoms with van der Waals surface area (Å²) >= 11 is 0. The molecule has 0 radical (unpaired) electrons. The van der Waals surface area contributed by atoms with Gasteiger partial charge in [0.1, 0.15) is 12.2 Å². The maximum atomic E-state index is 11.3.